The number of nitrogens with one attached hydrogen (secondary N) is 1. The minimum absolute atomic E-state index is 0.0250. The molecule has 1 N–H and O–H groups in total. The molecule has 1 aromatic heterocycles. The second kappa shape index (κ2) is 12.3. The molecule has 1 aliphatic rings. The smallest absolute Gasteiger partial charge is 0.350 e. The highest BCUT2D eigenvalue weighted by molar-refractivity contribution is 7.18. The summed E-state index contributed by atoms with van der Waals surface area (Å²) in [5.74, 6) is -2.15. The predicted molar refractivity (Wildman–Crippen MR) is 141 cm³/mol. The fraction of sp³-hybridized carbons (Fsp3) is 0.269. The van der Waals surface area contributed by atoms with Crippen LogP contribution in [0.5, 0.6) is 0 Å². The van der Waals surface area contributed by atoms with Gasteiger partial charge in [0.1, 0.15) is 4.88 Å². The number of non-ortho nitro benzene ring substituents is 1. The molecule has 0 spiro atoms. The summed E-state index contributed by atoms with van der Waals surface area (Å²) in [5, 5.41) is 13.9. The molecule has 0 aliphatic carbocycles. The SMILES string of the molecule is CCOC(=O)c1sc(-c2ccccc2)cc1NC(=O)COC(=O)c1cc([N+](=O)[O-])ccc1N1CCOCC1. The molecule has 38 heavy (non-hydrogen) atoms. The highest BCUT2D eigenvalue weighted by Gasteiger charge is 2.25. The largest absolute Gasteiger partial charge is 0.462 e. The molecule has 2 aromatic carbocycles. The lowest BCUT2D eigenvalue weighted by Crippen LogP contribution is -2.37. The second-order valence-corrected chi connectivity index (χ2v) is 9.17. The lowest BCUT2D eigenvalue weighted by molar-refractivity contribution is -0.384. The van der Waals surface area contributed by atoms with Gasteiger partial charge in [0.2, 0.25) is 0 Å². The van der Waals surface area contributed by atoms with Crippen LogP contribution in [0.25, 0.3) is 10.4 Å². The number of anilines is 2. The zero-order valence-electron chi connectivity index (χ0n) is 20.5. The molecule has 12 heteroatoms. The third-order valence-electron chi connectivity index (χ3n) is 5.62. The van der Waals surface area contributed by atoms with E-state index in [1.807, 2.05) is 35.2 Å². The molecule has 2 heterocycles. The van der Waals surface area contributed by atoms with Gasteiger partial charge in [0.25, 0.3) is 11.6 Å². The number of esters is 2. The van der Waals surface area contributed by atoms with Gasteiger partial charge in [0.15, 0.2) is 6.61 Å². The first-order valence-corrected chi connectivity index (χ1v) is 12.6. The number of nitro groups is 1. The van der Waals surface area contributed by atoms with Crippen LogP contribution in [0.15, 0.2) is 54.6 Å². The molecular formula is C26H25N3O8S. The lowest BCUT2D eigenvalue weighted by atomic mass is 10.1. The predicted octanol–water partition coefficient (Wildman–Crippen LogP) is 4.13. The Labute approximate surface area is 222 Å². The van der Waals surface area contributed by atoms with Gasteiger partial charge in [-0.2, -0.15) is 0 Å². The molecule has 0 bridgehead atoms. The molecule has 1 fully saturated rings. The van der Waals surface area contributed by atoms with Crippen molar-refractivity contribution in [2.24, 2.45) is 0 Å². The number of hydrogen-bond acceptors (Lipinski definition) is 10. The number of thiophene rings is 1. The Morgan fingerprint density at radius 3 is 2.47 bits per heavy atom. The van der Waals surface area contributed by atoms with Crippen LogP contribution in [0, 0.1) is 10.1 Å². The molecule has 11 nitrogen and oxygen atoms in total. The molecule has 0 atom stereocenters. The van der Waals surface area contributed by atoms with Crippen molar-refractivity contribution >= 4 is 46.2 Å². The van der Waals surface area contributed by atoms with Gasteiger partial charge in [-0.15, -0.1) is 11.3 Å². The first kappa shape index (κ1) is 26.8. The number of morpholine rings is 1. The number of nitrogens with zero attached hydrogens (tertiary/aromatic N) is 2. The number of benzene rings is 2. The van der Waals surface area contributed by atoms with Crippen molar-refractivity contribution in [3.05, 3.63) is 75.2 Å². The number of ether oxygens (including phenoxy) is 3. The molecule has 1 aliphatic heterocycles. The summed E-state index contributed by atoms with van der Waals surface area (Å²) in [4.78, 5) is 51.7. The van der Waals surface area contributed by atoms with E-state index in [1.54, 1.807) is 13.0 Å². The van der Waals surface area contributed by atoms with E-state index in [2.05, 4.69) is 5.32 Å². The Kier molecular flexibility index (Phi) is 8.66. The van der Waals surface area contributed by atoms with E-state index < -0.39 is 29.4 Å². The third-order valence-corrected chi connectivity index (χ3v) is 6.79. The quantitative estimate of drug-likeness (QED) is 0.242. The van der Waals surface area contributed by atoms with E-state index in [4.69, 9.17) is 14.2 Å². The molecule has 4 rings (SSSR count). The van der Waals surface area contributed by atoms with Gasteiger partial charge in [-0.05, 0) is 24.6 Å². The van der Waals surface area contributed by atoms with Crippen LogP contribution in [0.3, 0.4) is 0 Å². The van der Waals surface area contributed by atoms with Crippen molar-refractivity contribution in [1.29, 1.82) is 0 Å². The van der Waals surface area contributed by atoms with E-state index in [1.165, 1.54) is 23.5 Å². The van der Waals surface area contributed by atoms with Crippen molar-refractivity contribution in [1.82, 2.24) is 0 Å². The van der Waals surface area contributed by atoms with Gasteiger partial charge in [0, 0.05) is 30.1 Å². The Morgan fingerprint density at radius 2 is 1.79 bits per heavy atom. The van der Waals surface area contributed by atoms with E-state index in [9.17, 15) is 24.5 Å². The van der Waals surface area contributed by atoms with Crippen LogP contribution < -0.4 is 10.2 Å². The van der Waals surface area contributed by atoms with E-state index >= 15 is 0 Å². The van der Waals surface area contributed by atoms with Crippen molar-refractivity contribution in [2.75, 3.05) is 49.7 Å². The number of rotatable bonds is 9. The molecule has 0 saturated carbocycles. The van der Waals surface area contributed by atoms with E-state index in [0.29, 0.717) is 32.0 Å². The van der Waals surface area contributed by atoms with Crippen LogP contribution in [0.2, 0.25) is 0 Å². The summed E-state index contributed by atoms with van der Waals surface area (Å²) < 4.78 is 15.7. The van der Waals surface area contributed by atoms with Crippen LogP contribution in [0.4, 0.5) is 17.1 Å². The van der Waals surface area contributed by atoms with Gasteiger partial charge in [-0.25, -0.2) is 9.59 Å². The number of hydrogen-bond donors (Lipinski definition) is 1. The summed E-state index contributed by atoms with van der Waals surface area (Å²) in [5.41, 5.74) is 1.25. The topological polar surface area (TPSA) is 137 Å². The lowest BCUT2D eigenvalue weighted by Gasteiger charge is -2.30. The van der Waals surface area contributed by atoms with Crippen LogP contribution in [-0.2, 0) is 19.0 Å². The average Bonchev–Trinajstić information content (AvgIpc) is 3.36. The Morgan fingerprint density at radius 1 is 1.05 bits per heavy atom. The maximum Gasteiger partial charge on any atom is 0.350 e. The van der Waals surface area contributed by atoms with Crippen LogP contribution in [0.1, 0.15) is 27.0 Å². The van der Waals surface area contributed by atoms with Crippen molar-refractivity contribution in [3.8, 4) is 10.4 Å². The summed E-state index contributed by atoms with van der Waals surface area (Å²) in [7, 11) is 0. The van der Waals surface area contributed by atoms with E-state index in [0.717, 1.165) is 16.5 Å². The summed E-state index contributed by atoms with van der Waals surface area (Å²) in [6, 6.07) is 14.9. The maximum absolute atomic E-state index is 12.9. The number of amides is 1. The van der Waals surface area contributed by atoms with Gasteiger partial charge in [-0.1, -0.05) is 30.3 Å². The Hall–Kier alpha value is -4.29. The number of carbonyl (C=O) groups excluding carboxylic acids is 3. The molecule has 1 saturated heterocycles. The average molecular weight is 540 g/mol. The van der Waals surface area contributed by atoms with Crippen molar-refractivity contribution in [3.63, 3.8) is 0 Å². The monoisotopic (exact) mass is 539 g/mol. The molecule has 1 amide bonds. The van der Waals surface area contributed by atoms with Gasteiger partial charge in [-0.3, -0.25) is 14.9 Å². The molecule has 0 radical (unpaired) electrons. The first-order chi connectivity index (χ1) is 18.4. The Bertz CT molecular complexity index is 1340. The fourth-order valence-electron chi connectivity index (χ4n) is 3.85. The number of nitro benzene ring substituents is 1. The molecule has 0 unspecified atom stereocenters. The second-order valence-electron chi connectivity index (χ2n) is 8.12. The fourth-order valence-corrected chi connectivity index (χ4v) is 4.87. The third kappa shape index (κ3) is 6.33. The van der Waals surface area contributed by atoms with Gasteiger partial charge >= 0.3 is 11.9 Å². The number of carbonyl (C=O) groups is 3. The summed E-state index contributed by atoms with van der Waals surface area (Å²) in [6.07, 6.45) is 0. The zero-order valence-corrected chi connectivity index (χ0v) is 21.3. The maximum atomic E-state index is 12.9. The van der Waals surface area contributed by atoms with Crippen molar-refractivity contribution < 1.29 is 33.5 Å². The summed E-state index contributed by atoms with van der Waals surface area (Å²) >= 11 is 1.17. The molecule has 198 valence electrons. The highest BCUT2D eigenvalue weighted by atomic mass is 32.1. The normalized spacial score (nSPS) is 13.0. The zero-order chi connectivity index (χ0) is 27.1. The minimum atomic E-state index is -0.883. The van der Waals surface area contributed by atoms with Crippen LogP contribution in [-0.4, -0.2) is 62.3 Å². The van der Waals surface area contributed by atoms with Crippen LogP contribution >= 0.6 is 11.3 Å². The standard InChI is InChI=1S/C26H25N3O8S/c1-2-36-26(32)24-20(15-22(38-24)17-6-4-3-5-7-17)27-23(30)16-37-25(31)19-14-18(29(33)34)8-9-21(19)28-10-12-35-13-11-28/h3-9,14-15H,2,10-13,16H2,1H3,(H,27,30). The highest BCUT2D eigenvalue weighted by Crippen LogP contribution is 2.35. The summed E-state index contributed by atoms with van der Waals surface area (Å²) in [6.45, 7) is 3.07. The molecule has 3 aromatic rings. The first-order valence-electron chi connectivity index (χ1n) is 11.8. The minimum Gasteiger partial charge on any atom is -0.462 e. The molecular weight excluding hydrogens is 514 g/mol. The van der Waals surface area contributed by atoms with E-state index in [-0.39, 0.29) is 28.4 Å². The van der Waals surface area contributed by atoms with Gasteiger partial charge in [0.05, 0.1) is 41.7 Å². The Balaban J connectivity index is 1.50. The van der Waals surface area contributed by atoms with Gasteiger partial charge < -0.3 is 24.4 Å². The van der Waals surface area contributed by atoms with Crippen molar-refractivity contribution in [2.45, 2.75) is 6.92 Å².